The van der Waals surface area contributed by atoms with E-state index in [0.717, 1.165) is 27.3 Å². The molecule has 50 heavy (non-hydrogen) atoms. The van der Waals surface area contributed by atoms with Crippen LogP contribution in [0, 0.1) is 6.92 Å². The van der Waals surface area contributed by atoms with Crippen LogP contribution in [0.4, 0.5) is 22.0 Å². The minimum absolute atomic E-state index is 0.00393. The third kappa shape index (κ3) is 6.64. The first-order chi connectivity index (χ1) is 23.4. The van der Waals surface area contributed by atoms with E-state index in [-0.39, 0.29) is 28.6 Å². The number of aromatic nitrogens is 2. The van der Waals surface area contributed by atoms with E-state index in [0.29, 0.717) is 36.6 Å². The van der Waals surface area contributed by atoms with Crippen LogP contribution in [0.1, 0.15) is 78.8 Å². The van der Waals surface area contributed by atoms with Gasteiger partial charge in [0.05, 0.1) is 17.1 Å². The van der Waals surface area contributed by atoms with Crippen LogP contribution < -0.4 is 15.8 Å². The van der Waals surface area contributed by atoms with Gasteiger partial charge in [0.1, 0.15) is 11.6 Å². The van der Waals surface area contributed by atoms with Crippen LogP contribution in [-0.4, -0.2) is 63.0 Å². The predicted molar refractivity (Wildman–Crippen MR) is 196 cm³/mol. The van der Waals surface area contributed by atoms with E-state index in [1.165, 1.54) is 14.3 Å². The summed E-state index contributed by atoms with van der Waals surface area (Å²) in [5.41, 5.74) is 4.28. The number of nitrogens with zero attached hydrogens (tertiary/aromatic N) is 5. The Balaban J connectivity index is 1.26. The molecule has 1 unspecified atom stereocenters. The summed E-state index contributed by atoms with van der Waals surface area (Å²) in [7, 11) is 3.39. The molecule has 0 bridgehead atoms. The molecule has 0 saturated carbocycles. The normalized spacial score (nSPS) is 16.6. The number of benzene rings is 2. The van der Waals surface area contributed by atoms with Crippen LogP contribution in [0.3, 0.4) is 0 Å². The summed E-state index contributed by atoms with van der Waals surface area (Å²) in [6, 6.07) is 14.1. The fraction of sp³-hybridized carbons (Fsp3) is 0.395. The highest BCUT2D eigenvalue weighted by atomic mass is 32.1. The zero-order valence-corrected chi connectivity index (χ0v) is 30.9. The third-order valence-electron chi connectivity index (χ3n) is 8.97. The number of carbonyl (C=O) groups excluding carboxylic acids is 3. The lowest BCUT2D eigenvalue weighted by Gasteiger charge is -2.39. The van der Waals surface area contributed by atoms with Crippen molar-refractivity contribution in [2.24, 2.45) is 7.05 Å². The summed E-state index contributed by atoms with van der Waals surface area (Å²) in [6.45, 7) is 15.1. The van der Waals surface area contributed by atoms with E-state index in [1.807, 2.05) is 30.0 Å². The number of rotatable bonds is 5. The quantitative estimate of drug-likeness (QED) is 0.245. The molecule has 1 N–H and O–H groups in total. The standard InChI is InChI=1S/C38H44N6O5S/c1-22-26(11-10-12-28(22)44-20-24-19-29(37(2,3)4)50-31(24)34(44)46)27-21-42(9)35(47)32(40-27)39-25-15-13-23(14-16-25)30-33(45)41(8)17-18-43(30)36(48)49-38(5,6)7/h10-16,19,21,30H,17-18,20H2,1-9H3,(H,39,40). The van der Waals surface area contributed by atoms with Crippen LogP contribution in [0.5, 0.6) is 0 Å². The summed E-state index contributed by atoms with van der Waals surface area (Å²) in [6.07, 6.45) is 1.15. The summed E-state index contributed by atoms with van der Waals surface area (Å²) >= 11 is 1.57. The molecule has 3 amide bonds. The molecule has 11 nitrogen and oxygen atoms in total. The number of ether oxygens (including phenoxy) is 1. The van der Waals surface area contributed by atoms with Gasteiger partial charge in [-0.25, -0.2) is 9.78 Å². The van der Waals surface area contributed by atoms with E-state index in [1.54, 1.807) is 81.6 Å². The lowest BCUT2D eigenvalue weighted by atomic mass is 9.94. The van der Waals surface area contributed by atoms with Crippen LogP contribution >= 0.6 is 11.3 Å². The zero-order valence-electron chi connectivity index (χ0n) is 30.1. The molecule has 0 aliphatic carbocycles. The smallest absolute Gasteiger partial charge is 0.411 e. The molecule has 4 heterocycles. The van der Waals surface area contributed by atoms with Gasteiger partial charge in [-0.2, -0.15) is 0 Å². The average Bonchev–Trinajstić information content (AvgIpc) is 3.60. The van der Waals surface area contributed by atoms with E-state index < -0.39 is 17.7 Å². The summed E-state index contributed by atoms with van der Waals surface area (Å²) in [4.78, 5) is 64.8. The number of carbonyl (C=O) groups is 3. The molecule has 6 rings (SSSR count). The van der Waals surface area contributed by atoms with Crippen LogP contribution in [0.2, 0.25) is 0 Å². The summed E-state index contributed by atoms with van der Waals surface area (Å²) in [5, 5.41) is 3.15. The maximum absolute atomic E-state index is 13.6. The molecule has 2 aliphatic rings. The van der Waals surface area contributed by atoms with Gasteiger partial charge < -0.3 is 24.4 Å². The van der Waals surface area contributed by atoms with Crippen molar-refractivity contribution in [2.75, 3.05) is 30.4 Å². The largest absolute Gasteiger partial charge is 0.444 e. The molecule has 12 heteroatoms. The number of amides is 3. The number of piperazine rings is 1. The Labute approximate surface area is 296 Å². The fourth-order valence-electron chi connectivity index (χ4n) is 6.23. The average molecular weight is 697 g/mol. The predicted octanol–water partition coefficient (Wildman–Crippen LogP) is 6.77. The second kappa shape index (κ2) is 12.7. The van der Waals surface area contributed by atoms with Crippen LogP contribution in [-0.2, 0) is 28.5 Å². The van der Waals surface area contributed by atoms with Gasteiger partial charge in [0.25, 0.3) is 11.5 Å². The first kappa shape index (κ1) is 34.9. The minimum Gasteiger partial charge on any atom is -0.444 e. The number of thiophene rings is 1. The van der Waals surface area contributed by atoms with E-state index in [2.05, 4.69) is 32.2 Å². The molecule has 1 fully saturated rings. The van der Waals surface area contributed by atoms with Crippen molar-refractivity contribution in [3.63, 3.8) is 0 Å². The third-order valence-corrected chi connectivity index (χ3v) is 10.6. The van der Waals surface area contributed by atoms with Crippen molar-refractivity contribution >= 4 is 46.4 Å². The second-order valence-corrected chi connectivity index (χ2v) is 16.1. The van der Waals surface area contributed by atoms with E-state index in [4.69, 9.17) is 9.72 Å². The Hall–Kier alpha value is -4.97. The van der Waals surface area contributed by atoms with Crippen molar-refractivity contribution in [1.29, 1.82) is 0 Å². The first-order valence-electron chi connectivity index (χ1n) is 16.7. The summed E-state index contributed by atoms with van der Waals surface area (Å²) < 4.78 is 7.08. The molecule has 262 valence electrons. The van der Waals surface area contributed by atoms with Gasteiger partial charge >= 0.3 is 6.09 Å². The maximum Gasteiger partial charge on any atom is 0.411 e. The number of hydrogen-bond donors (Lipinski definition) is 1. The zero-order chi connectivity index (χ0) is 36.3. The van der Waals surface area contributed by atoms with Gasteiger partial charge in [0.2, 0.25) is 5.91 Å². The lowest BCUT2D eigenvalue weighted by molar-refractivity contribution is -0.140. The molecule has 0 radical (unpaired) electrons. The highest BCUT2D eigenvalue weighted by Crippen LogP contribution is 2.41. The Morgan fingerprint density at radius 3 is 2.32 bits per heavy atom. The maximum atomic E-state index is 13.6. The molecule has 2 aliphatic heterocycles. The number of hydrogen-bond acceptors (Lipinski definition) is 8. The second-order valence-electron chi connectivity index (χ2n) is 15.0. The molecule has 2 aromatic heterocycles. The number of aryl methyl sites for hydroxylation is 1. The Morgan fingerprint density at radius 1 is 0.980 bits per heavy atom. The van der Waals surface area contributed by atoms with Gasteiger partial charge in [-0.1, -0.05) is 45.0 Å². The molecule has 4 aromatic rings. The number of likely N-dealkylation sites (N-methyl/N-ethyl adjacent to an activating group) is 1. The van der Waals surface area contributed by atoms with Crippen molar-refractivity contribution in [1.82, 2.24) is 19.4 Å². The van der Waals surface area contributed by atoms with E-state index >= 15 is 0 Å². The molecule has 2 aromatic carbocycles. The highest BCUT2D eigenvalue weighted by Gasteiger charge is 2.39. The highest BCUT2D eigenvalue weighted by molar-refractivity contribution is 7.14. The number of nitrogens with one attached hydrogen (secondary N) is 1. The Morgan fingerprint density at radius 2 is 1.68 bits per heavy atom. The fourth-order valence-corrected chi connectivity index (χ4v) is 7.41. The van der Waals surface area contributed by atoms with Gasteiger partial charge in [0, 0.05) is 55.2 Å². The summed E-state index contributed by atoms with van der Waals surface area (Å²) in [5.74, 6) is -0.0825. The molecule has 1 atom stereocenters. The lowest BCUT2D eigenvalue weighted by Crippen LogP contribution is -2.53. The molecular weight excluding hydrogens is 653 g/mol. The van der Waals surface area contributed by atoms with Gasteiger partial charge in [-0.3, -0.25) is 19.3 Å². The van der Waals surface area contributed by atoms with Gasteiger partial charge in [-0.05, 0) is 74.1 Å². The SMILES string of the molecule is Cc1c(-c2cn(C)c(=O)c(Nc3ccc(C4C(=O)N(C)CCN4C(=O)OC(C)(C)C)cc3)n2)cccc1N1Cc2cc(C(C)(C)C)sc2C1=O. The van der Waals surface area contributed by atoms with Crippen molar-refractivity contribution in [3.05, 3.63) is 91.5 Å². The number of fused-ring (bicyclic) bond motifs is 1. The van der Waals surface area contributed by atoms with E-state index in [9.17, 15) is 19.2 Å². The number of anilines is 3. The van der Waals surface area contributed by atoms with Gasteiger partial charge in [-0.15, -0.1) is 11.3 Å². The Bertz CT molecular complexity index is 2050. The van der Waals surface area contributed by atoms with Gasteiger partial charge in [0.15, 0.2) is 5.82 Å². The molecule has 0 spiro atoms. The van der Waals surface area contributed by atoms with Crippen molar-refractivity contribution < 1.29 is 19.1 Å². The Kier molecular flexibility index (Phi) is 8.88. The molecular formula is C38H44N6O5S. The van der Waals surface area contributed by atoms with Crippen molar-refractivity contribution in [3.8, 4) is 11.3 Å². The van der Waals surface area contributed by atoms with Crippen molar-refractivity contribution in [2.45, 2.75) is 72.1 Å². The molecule has 1 saturated heterocycles. The van der Waals surface area contributed by atoms with Crippen LogP contribution in [0.15, 0.2) is 59.5 Å². The van der Waals surface area contributed by atoms with Crippen LogP contribution in [0.25, 0.3) is 11.3 Å². The minimum atomic E-state index is -0.837. The topological polar surface area (TPSA) is 117 Å². The monoisotopic (exact) mass is 696 g/mol. The first-order valence-corrected chi connectivity index (χ1v) is 17.5.